The quantitative estimate of drug-likeness (QED) is 0.859. The van der Waals surface area contributed by atoms with Crippen LogP contribution in [0.3, 0.4) is 0 Å². The number of hydrogen-bond donors (Lipinski definition) is 1. The molecule has 24 heavy (non-hydrogen) atoms. The van der Waals surface area contributed by atoms with E-state index in [0.29, 0.717) is 17.3 Å². The number of carbonyl (C=O) groups is 1. The normalized spacial score (nSPS) is 21.4. The number of amides is 1. The van der Waals surface area contributed by atoms with Gasteiger partial charge in [0, 0.05) is 5.56 Å². The van der Waals surface area contributed by atoms with Gasteiger partial charge in [0.1, 0.15) is 0 Å². The molecule has 1 amide bonds. The lowest BCUT2D eigenvalue weighted by Crippen LogP contribution is -2.30. The molecule has 2 aliphatic carbocycles. The van der Waals surface area contributed by atoms with Crippen LogP contribution in [0.1, 0.15) is 60.4 Å². The van der Waals surface area contributed by atoms with Gasteiger partial charge in [0.25, 0.3) is 5.91 Å². The molecule has 1 aromatic carbocycles. The van der Waals surface area contributed by atoms with E-state index >= 15 is 0 Å². The Hall–Kier alpha value is -2.50. The van der Waals surface area contributed by atoms with Crippen LogP contribution in [0.25, 0.3) is 0 Å². The predicted molar refractivity (Wildman–Crippen MR) is 89.2 cm³/mol. The van der Waals surface area contributed by atoms with Gasteiger partial charge in [-0.05, 0) is 55.4 Å². The van der Waals surface area contributed by atoms with Crippen molar-refractivity contribution in [2.75, 3.05) is 0 Å². The van der Waals surface area contributed by atoms with E-state index in [9.17, 15) is 4.79 Å². The second kappa shape index (κ2) is 6.55. The van der Waals surface area contributed by atoms with Crippen molar-refractivity contribution < 1.29 is 4.79 Å². The minimum Gasteiger partial charge on any atom is -0.342 e. The molecule has 2 aliphatic rings. The number of nitrogens with one attached hydrogen (secondary N) is 1. The van der Waals surface area contributed by atoms with Gasteiger partial charge in [0.15, 0.2) is 5.82 Å². The fourth-order valence-electron chi connectivity index (χ4n) is 3.13. The molecule has 6 nitrogen and oxygen atoms in total. The molecule has 1 N–H and O–H groups in total. The molecule has 0 spiro atoms. The van der Waals surface area contributed by atoms with Crippen LogP contribution in [-0.4, -0.2) is 26.1 Å². The van der Waals surface area contributed by atoms with E-state index in [-0.39, 0.29) is 18.0 Å². The third-order valence-corrected chi connectivity index (χ3v) is 4.66. The zero-order valence-corrected chi connectivity index (χ0v) is 13.5. The minimum atomic E-state index is -0.154. The van der Waals surface area contributed by atoms with E-state index in [1.807, 2.05) is 30.3 Å². The number of carbonyl (C=O) groups excluding carboxylic acids is 1. The number of nitrogens with zero attached hydrogens (tertiary/aromatic N) is 4. The second-order valence-electron chi connectivity index (χ2n) is 6.55. The van der Waals surface area contributed by atoms with Gasteiger partial charge < -0.3 is 5.32 Å². The molecule has 6 heteroatoms. The van der Waals surface area contributed by atoms with Crippen LogP contribution >= 0.6 is 0 Å². The number of rotatable bonds is 5. The summed E-state index contributed by atoms with van der Waals surface area (Å²) in [5.74, 6) is 0.958. The molecule has 0 radical (unpaired) electrons. The second-order valence-corrected chi connectivity index (χ2v) is 6.55. The molecular weight excluding hydrogens is 302 g/mol. The van der Waals surface area contributed by atoms with Crippen molar-refractivity contribution in [3.05, 3.63) is 53.9 Å². The van der Waals surface area contributed by atoms with E-state index in [4.69, 9.17) is 0 Å². The van der Waals surface area contributed by atoms with E-state index in [2.05, 4.69) is 32.9 Å². The van der Waals surface area contributed by atoms with Crippen molar-refractivity contribution in [3.63, 3.8) is 0 Å². The molecule has 2 aromatic rings. The van der Waals surface area contributed by atoms with Crippen molar-refractivity contribution in [1.29, 1.82) is 0 Å². The Bertz CT molecular complexity index is 735. The summed E-state index contributed by atoms with van der Waals surface area (Å²) in [7, 11) is 0. The molecule has 1 heterocycles. The first kappa shape index (κ1) is 15.1. The largest absolute Gasteiger partial charge is 0.342 e. The lowest BCUT2D eigenvalue weighted by atomic mass is 10.0. The fraction of sp³-hybridized carbons (Fsp3) is 0.444. The van der Waals surface area contributed by atoms with Gasteiger partial charge in [-0.15, -0.1) is 10.2 Å². The highest BCUT2D eigenvalue weighted by Crippen LogP contribution is 2.40. The molecule has 1 fully saturated rings. The standard InChI is InChI=1S/C18H21N5O/c24-18(14-7-3-1-4-8-14)19-16(13-11-12-13)17-20-22-23(21-17)15-9-5-2-6-10-15/h1,3-5,7-9,13,15-16H,2,6,10-12H2,(H,19,24)/t15-,16+/m0/s1. The Morgan fingerprint density at radius 1 is 1.21 bits per heavy atom. The first-order chi connectivity index (χ1) is 11.8. The lowest BCUT2D eigenvalue weighted by Gasteiger charge is -2.16. The zero-order chi connectivity index (χ0) is 16.4. The van der Waals surface area contributed by atoms with Crippen molar-refractivity contribution in [2.24, 2.45) is 5.92 Å². The number of aromatic nitrogens is 4. The number of tetrazole rings is 1. The van der Waals surface area contributed by atoms with Gasteiger partial charge in [-0.25, -0.2) is 0 Å². The Kier molecular flexibility index (Phi) is 4.11. The highest BCUT2D eigenvalue weighted by molar-refractivity contribution is 5.94. The first-order valence-electron chi connectivity index (χ1n) is 8.63. The molecule has 0 unspecified atom stereocenters. The summed E-state index contributed by atoms with van der Waals surface area (Å²) < 4.78 is 0. The van der Waals surface area contributed by atoms with Crippen molar-refractivity contribution >= 4 is 5.91 Å². The Morgan fingerprint density at radius 2 is 2.04 bits per heavy atom. The number of benzene rings is 1. The van der Waals surface area contributed by atoms with E-state index in [1.54, 1.807) is 4.80 Å². The van der Waals surface area contributed by atoms with Gasteiger partial charge in [-0.1, -0.05) is 30.4 Å². The van der Waals surface area contributed by atoms with Crippen molar-refractivity contribution in [2.45, 2.75) is 44.2 Å². The van der Waals surface area contributed by atoms with Gasteiger partial charge in [-0.3, -0.25) is 4.79 Å². The van der Waals surface area contributed by atoms with Gasteiger partial charge >= 0.3 is 0 Å². The summed E-state index contributed by atoms with van der Waals surface area (Å²) in [6.45, 7) is 0. The summed E-state index contributed by atoms with van der Waals surface area (Å²) in [4.78, 5) is 14.2. The summed E-state index contributed by atoms with van der Waals surface area (Å²) >= 11 is 0. The number of allylic oxidation sites excluding steroid dienone is 2. The maximum atomic E-state index is 12.5. The molecule has 4 rings (SSSR count). The molecule has 1 aromatic heterocycles. The van der Waals surface area contributed by atoms with Crippen LogP contribution in [0.4, 0.5) is 0 Å². The van der Waals surface area contributed by atoms with E-state index in [0.717, 1.165) is 32.1 Å². The highest BCUT2D eigenvalue weighted by Gasteiger charge is 2.36. The molecule has 124 valence electrons. The number of hydrogen-bond acceptors (Lipinski definition) is 4. The zero-order valence-electron chi connectivity index (χ0n) is 13.5. The minimum absolute atomic E-state index is 0.0820. The SMILES string of the molecule is O=C(N[C@@H](c1nnn([C@H]2C=CCCC2)n1)C1CC1)c1ccccc1. The Balaban J connectivity index is 1.51. The van der Waals surface area contributed by atoms with E-state index < -0.39 is 0 Å². The molecule has 0 aliphatic heterocycles. The first-order valence-corrected chi connectivity index (χ1v) is 8.63. The average Bonchev–Trinajstić information content (AvgIpc) is 3.37. The molecule has 0 saturated heterocycles. The van der Waals surface area contributed by atoms with Gasteiger partial charge in [0.2, 0.25) is 0 Å². The smallest absolute Gasteiger partial charge is 0.251 e. The summed E-state index contributed by atoms with van der Waals surface area (Å²) in [6, 6.07) is 9.30. The van der Waals surface area contributed by atoms with E-state index in [1.165, 1.54) is 0 Å². The van der Waals surface area contributed by atoms with Gasteiger partial charge in [-0.2, -0.15) is 4.80 Å². The lowest BCUT2D eigenvalue weighted by molar-refractivity contribution is 0.0929. The maximum absolute atomic E-state index is 12.5. The van der Waals surface area contributed by atoms with Gasteiger partial charge in [0.05, 0.1) is 12.1 Å². The monoisotopic (exact) mass is 323 g/mol. The fourth-order valence-corrected chi connectivity index (χ4v) is 3.13. The van der Waals surface area contributed by atoms with Crippen LogP contribution in [0.2, 0.25) is 0 Å². The molecule has 0 bridgehead atoms. The Morgan fingerprint density at radius 3 is 2.75 bits per heavy atom. The topological polar surface area (TPSA) is 72.7 Å². The van der Waals surface area contributed by atoms with Crippen LogP contribution in [0.5, 0.6) is 0 Å². The summed E-state index contributed by atoms with van der Waals surface area (Å²) in [5.41, 5.74) is 0.658. The van der Waals surface area contributed by atoms with Crippen LogP contribution < -0.4 is 5.32 Å². The Labute approximate surface area is 140 Å². The molecule has 1 saturated carbocycles. The van der Waals surface area contributed by atoms with Crippen LogP contribution in [0.15, 0.2) is 42.5 Å². The maximum Gasteiger partial charge on any atom is 0.251 e. The third-order valence-electron chi connectivity index (χ3n) is 4.66. The van der Waals surface area contributed by atoms with Crippen LogP contribution in [-0.2, 0) is 0 Å². The van der Waals surface area contributed by atoms with Crippen LogP contribution in [0, 0.1) is 5.92 Å². The average molecular weight is 323 g/mol. The predicted octanol–water partition coefficient (Wildman–Crippen LogP) is 2.84. The molecular formula is C18H21N5O. The highest BCUT2D eigenvalue weighted by atomic mass is 16.1. The molecule has 2 atom stereocenters. The summed E-state index contributed by atoms with van der Waals surface area (Å²) in [6.07, 6.45) is 9.81. The third kappa shape index (κ3) is 3.22. The van der Waals surface area contributed by atoms with Crippen molar-refractivity contribution in [1.82, 2.24) is 25.5 Å². The van der Waals surface area contributed by atoms with Crippen molar-refractivity contribution in [3.8, 4) is 0 Å². The summed E-state index contributed by atoms with van der Waals surface area (Å²) in [5, 5.41) is 16.1.